The van der Waals surface area contributed by atoms with Crippen molar-refractivity contribution >= 4 is 37.4 Å². The summed E-state index contributed by atoms with van der Waals surface area (Å²) in [7, 11) is 0. The Morgan fingerprint density at radius 2 is 1.91 bits per heavy atom. The minimum absolute atomic E-state index is 0.830. The molecular weight excluding hydrogens is 333 g/mol. The summed E-state index contributed by atoms with van der Waals surface area (Å²) in [5.41, 5.74) is 1.09. The van der Waals surface area contributed by atoms with Crippen molar-refractivity contribution in [2.75, 3.05) is 0 Å². The van der Waals surface area contributed by atoms with Gasteiger partial charge in [0.15, 0.2) is 0 Å². The molecule has 0 fully saturated rings. The number of allylic oxidation sites excluding steroid dienone is 1. The van der Waals surface area contributed by atoms with Gasteiger partial charge in [-0.1, -0.05) is 0 Å². The number of benzene rings is 1. The van der Waals surface area contributed by atoms with Crippen LogP contribution in [0.15, 0.2) is 33.6 Å². The first-order valence-corrected chi connectivity index (χ1v) is 4.80. The minimum atomic E-state index is 0.830. The van der Waals surface area contributed by atoms with Crippen LogP contribution in [0.2, 0.25) is 0 Å². The van der Waals surface area contributed by atoms with E-state index in [9.17, 15) is 4.79 Å². The van der Waals surface area contributed by atoms with Crippen LogP contribution in [-0.4, -0.2) is 31.4 Å². The number of carbonyl (C=O) groups is 1. The summed E-state index contributed by atoms with van der Waals surface area (Å²) >= 11 is 1.21. The van der Waals surface area contributed by atoms with Crippen LogP contribution in [0.25, 0.3) is 6.08 Å². The zero-order chi connectivity index (χ0) is 8.10. The van der Waals surface area contributed by atoms with Gasteiger partial charge in [-0.15, -0.1) is 0 Å². The first kappa shape index (κ1) is 8.62. The van der Waals surface area contributed by atoms with Gasteiger partial charge in [0.05, 0.1) is 0 Å². The van der Waals surface area contributed by atoms with Gasteiger partial charge in [0, 0.05) is 0 Å². The van der Waals surface area contributed by atoms with Crippen LogP contribution < -0.4 is 0 Å². The molecule has 0 saturated heterocycles. The standard InChI is InChI=1S/C9H7O.Po/c10-8-4-7-9-5-2-1-3-6-9;/h1-3,5-8H;. The Morgan fingerprint density at radius 3 is 2.45 bits per heavy atom. The fourth-order valence-electron chi connectivity index (χ4n) is 0.748. The van der Waals surface area contributed by atoms with E-state index in [2.05, 4.69) is 0 Å². The summed E-state index contributed by atoms with van der Waals surface area (Å²) < 4.78 is 0.830. The summed E-state index contributed by atoms with van der Waals surface area (Å²) in [5, 5.41) is 0. The van der Waals surface area contributed by atoms with Crippen molar-refractivity contribution in [2.45, 2.75) is 0 Å². The summed E-state index contributed by atoms with van der Waals surface area (Å²) in [6.07, 6.45) is 2.78. The molecule has 2 heteroatoms. The number of hydrogen-bond acceptors (Lipinski definition) is 1. The van der Waals surface area contributed by atoms with Gasteiger partial charge in [-0.2, -0.15) is 0 Å². The normalized spacial score (nSPS) is 11.1. The Bertz CT molecular complexity index is 264. The van der Waals surface area contributed by atoms with Gasteiger partial charge in [-0.3, -0.25) is 0 Å². The van der Waals surface area contributed by atoms with Crippen LogP contribution in [0.5, 0.6) is 0 Å². The molecule has 0 aliphatic carbocycles. The molecule has 1 rings (SSSR count). The summed E-state index contributed by atoms with van der Waals surface area (Å²) in [6, 6.07) is 9.83. The van der Waals surface area contributed by atoms with Crippen LogP contribution in [0.4, 0.5) is 0 Å². The predicted octanol–water partition coefficient (Wildman–Crippen LogP) is 1.39. The fourth-order valence-corrected chi connectivity index (χ4v) is 1.28. The molecule has 1 nitrogen and oxygen atoms in total. The zero-order valence-corrected chi connectivity index (χ0v) is 9.03. The van der Waals surface area contributed by atoms with Crippen LogP contribution >= 0.6 is 0 Å². The van der Waals surface area contributed by atoms with E-state index >= 15 is 0 Å². The van der Waals surface area contributed by atoms with Crippen molar-refractivity contribution in [2.24, 2.45) is 0 Å². The molecule has 1 aromatic rings. The van der Waals surface area contributed by atoms with E-state index in [0.717, 1.165) is 15.1 Å². The first-order valence-electron chi connectivity index (χ1n) is 3.22. The summed E-state index contributed by atoms with van der Waals surface area (Å²) in [5.74, 6) is 0. The molecule has 0 aliphatic rings. The van der Waals surface area contributed by atoms with Crippen LogP contribution in [0.1, 0.15) is 5.56 Å². The molecule has 0 amide bonds. The van der Waals surface area contributed by atoms with E-state index < -0.39 is 0 Å². The van der Waals surface area contributed by atoms with Crippen molar-refractivity contribution in [3.63, 3.8) is 0 Å². The van der Waals surface area contributed by atoms with Gasteiger partial charge in [0.25, 0.3) is 0 Å². The van der Waals surface area contributed by atoms with Gasteiger partial charge in [0.1, 0.15) is 0 Å². The maximum absolute atomic E-state index is 10.3. The molecule has 0 bridgehead atoms. The number of rotatable bonds is 2. The average molecular weight is 340 g/mol. The van der Waals surface area contributed by atoms with Gasteiger partial charge in [0.2, 0.25) is 0 Å². The third kappa shape index (κ3) is 2.95. The molecule has 11 heavy (non-hydrogen) atoms. The quantitative estimate of drug-likeness (QED) is 0.588. The van der Waals surface area contributed by atoms with Gasteiger partial charge in [-0.05, 0) is 0 Å². The molecule has 0 aliphatic heterocycles. The zero-order valence-electron chi connectivity index (χ0n) is 5.86. The molecule has 0 heterocycles. The van der Waals surface area contributed by atoms with Crippen molar-refractivity contribution < 1.29 is 4.79 Å². The molecule has 0 aromatic heterocycles. The van der Waals surface area contributed by atoms with Crippen LogP contribution in [0, 0.1) is 0 Å². The molecule has 1 aromatic carbocycles. The monoisotopic (exact) mass is 340 g/mol. The molecule has 0 N–H and O–H groups in total. The second-order valence-corrected chi connectivity index (χ2v) is 3.91. The Morgan fingerprint density at radius 1 is 1.27 bits per heavy atom. The van der Waals surface area contributed by atoms with E-state index in [4.69, 9.17) is 0 Å². The van der Waals surface area contributed by atoms with Crippen molar-refractivity contribution in [1.82, 2.24) is 0 Å². The Labute approximate surface area is 81.2 Å². The molecule has 55 valence electrons. The average Bonchev–Trinajstić information content (AvgIpc) is 2.06. The maximum atomic E-state index is 10.3. The molecule has 0 unspecified atom stereocenters. The van der Waals surface area contributed by atoms with E-state index in [1.807, 2.05) is 36.4 Å². The van der Waals surface area contributed by atoms with Gasteiger partial charge in [-0.25, -0.2) is 0 Å². The molecular formula is C9H7OPo. The number of carbonyl (C=O) groups excluding carboxylic acids is 1. The van der Waals surface area contributed by atoms with E-state index in [0.29, 0.717) is 0 Å². The van der Waals surface area contributed by atoms with Crippen molar-refractivity contribution in [3.8, 4) is 0 Å². The van der Waals surface area contributed by atoms with Gasteiger partial charge < -0.3 is 0 Å². The van der Waals surface area contributed by atoms with E-state index in [1.54, 1.807) is 0 Å². The topological polar surface area (TPSA) is 17.1 Å². The van der Waals surface area contributed by atoms with Crippen LogP contribution in [-0.2, 0) is 4.79 Å². The summed E-state index contributed by atoms with van der Waals surface area (Å²) in [6.45, 7) is 0. The molecule has 0 saturated carbocycles. The third-order valence-electron chi connectivity index (χ3n) is 1.22. The van der Waals surface area contributed by atoms with Crippen molar-refractivity contribution in [3.05, 3.63) is 39.1 Å². The van der Waals surface area contributed by atoms with Gasteiger partial charge >= 0.3 is 81.3 Å². The molecule has 0 atom stereocenters. The number of aldehydes is 1. The van der Waals surface area contributed by atoms with E-state index in [-0.39, 0.29) is 0 Å². The fraction of sp³-hybridized carbons (Fsp3) is 0. The Hall–Kier alpha value is -0.474. The Kier molecular flexibility index (Phi) is 3.46. The predicted molar refractivity (Wildman–Crippen MR) is 46.2 cm³/mol. The Balaban J connectivity index is 2.87. The summed E-state index contributed by atoms with van der Waals surface area (Å²) in [4.78, 5) is 10.3. The second kappa shape index (κ2) is 4.41. The third-order valence-corrected chi connectivity index (χ3v) is 2.06. The van der Waals surface area contributed by atoms with E-state index in [1.165, 1.54) is 25.1 Å². The second-order valence-electron chi connectivity index (χ2n) is 2.08. The number of hydrogen-bond donors (Lipinski definition) is 0. The van der Waals surface area contributed by atoms with Crippen LogP contribution in [0.3, 0.4) is 0 Å². The van der Waals surface area contributed by atoms with Crippen molar-refractivity contribution in [1.29, 1.82) is 0 Å². The molecule has 0 spiro atoms. The molecule has 1 radical (unpaired) electrons. The SMILES string of the molecule is O=C[C]([Po])=Cc1ccccc1. The first-order chi connectivity index (χ1) is 5.33.